The van der Waals surface area contributed by atoms with Crippen molar-refractivity contribution in [3.63, 3.8) is 0 Å². The van der Waals surface area contributed by atoms with Crippen molar-refractivity contribution in [1.29, 1.82) is 0 Å². The molecule has 7 heteroatoms. The summed E-state index contributed by atoms with van der Waals surface area (Å²) < 4.78 is 32.2. The van der Waals surface area contributed by atoms with Crippen LogP contribution in [0.5, 0.6) is 0 Å². The lowest BCUT2D eigenvalue weighted by Gasteiger charge is -2.25. The number of rotatable bonds is 8. The van der Waals surface area contributed by atoms with Crippen molar-refractivity contribution in [2.75, 3.05) is 20.6 Å². The summed E-state index contributed by atoms with van der Waals surface area (Å²) in [4.78, 5) is 18.3. The Bertz CT molecular complexity index is 955. The SMILES string of the molecule is CN(C)[C@H](CNC(=O)CCc1ncc(-c2ccc(F)cc2)o1)c1cccc(F)c1. The van der Waals surface area contributed by atoms with Crippen LogP contribution in [0.25, 0.3) is 11.3 Å². The number of hydrogen-bond donors (Lipinski definition) is 1. The zero-order valence-corrected chi connectivity index (χ0v) is 16.4. The van der Waals surface area contributed by atoms with Crippen LogP contribution in [-0.4, -0.2) is 36.4 Å². The molecule has 0 aliphatic heterocycles. The second kappa shape index (κ2) is 9.43. The van der Waals surface area contributed by atoms with Gasteiger partial charge < -0.3 is 14.6 Å². The summed E-state index contributed by atoms with van der Waals surface area (Å²) in [6.45, 7) is 0.363. The van der Waals surface area contributed by atoms with E-state index in [0.717, 1.165) is 11.1 Å². The monoisotopic (exact) mass is 399 g/mol. The van der Waals surface area contributed by atoms with Gasteiger partial charge in [0, 0.05) is 24.9 Å². The number of aromatic nitrogens is 1. The first-order valence-electron chi connectivity index (χ1n) is 9.31. The van der Waals surface area contributed by atoms with E-state index in [-0.39, 0.29) is 30.0 Å². The van der Waals surface area contributed by atoms with Crippen LogP contribution in [0.3, 0.4) is 0 Å². The Kier molecular flexibility index (Phi) is 6.72. The zero-order chi connectivity index (χ0) is 20.8. The standard InChI is InChI=1S/C22H23F2N3O2/c1-27(2)19(16-4-3-5-18(24)12-16)13-25-21(28)10-11-22-26-14-20(29-22)15-6-8-17(23)9-7-15/h3-9,12,14,19H,10-11,13H2,1-2H3,(H,25,28)/t19-/m1/s1. The number of carbonyl (C=O) groups excluding carboxylic acids is 1. The highest BCUT2D eigenvalue weighted by Gasteiger charge is 2.16. The molecule has 0 radical (unpaired) electrons. The number of nitrogens with zero attached hydrogens (tertiary/aromatic N) is 2. The highest BCUT2D eigenvalue weighted by atomic mass is 19.1. The molecule has 1 N–H and O–H groups in total. The summed E-state index contributed by atoms with van der Waals surface area (Å²) in [7, 11) is 3.76. The van der Waals surface area contributed by atoms with Crippen molar-refractivity contribution in [2.45, 2.75) is 18.9 Å². The van der Waals surface area contributed by atoms with Crippen molar-refractivity contribution < 1.29 is 18.0 Å². The van der Waals surface area contributed by atoms with Gasteiger partial charge in [0.1, 0.15) is 11.6 Å². The van der Waals surface area contributed by atoms with Crippen LogP contribution in [-0.2, 0) is 11.2 Å². The molecule has 0 saturated heterocycles. The summed E-state index contributed by atoms with van der Waals surface area (Å²) >= 11 is 0. The first-order chi connectivity index (χ1) is 13.9. The van der Waals surface area contributed by atoms with Gasteiger partial charge in [-0.05, 0) is 56.1 Å². The minimum Gasteiger partial charge on any atom is -0.441 e. The van der Waals surface area contributed by atoms with Gasteiger partial charge in [0.2, 0.25) is 5.91 Å². The van der Waals surface area contributed by atoms with Gasteiger partial charge >= 0.3 is 0 Å². The summed E-state index contributed by atoms with van der Waals surface area (Å²) in [6.07, 6.45) is 2.12. The molecule has 1 amide bonds. The van der Waals surface area contributed by atoms with Crippen LogP contribution in [0.2, 0.25) is 0 Å². The number of nitrogens with one attached hydrogen (secondary N) is 1. The van der Waals surface area contributed by atoms with Crippen molar-refractivity contribution >= 4 is 5.91 Å². The molecule has 1 atom stereocenters. The van der Waals surface area contributed by atoms with Gasteiger partial charge in [0.15, 0.2) is 11.7 Å². The average Bonchev–Trinajstić information content (AvgIpc) is 3.16. The number of oxazole rings is 1. The van der Waals surface area contributed by atoms with E-state index in [0.29, 0.717) is 24.6 Å². The molecule has 0 aliphatic carbocycles. The van der Waals surface area contributed by atoms with Crippen molar-refractivity contribution in [2.24, 2.45) is 0 Å². The van der Waals surface area contributed by atoms with E-state index < -0.39 is 0 Å². The number of halogens is 2. The number of amides is 1. The molecule has 5 nitrogen and oxygen atoms in total. The molecule has 0 fully saturated rings. The molecule has 3 aromatic rings. The van der Waals surface area contributed by atoms with Crippen LogP contribution in [0.1, 0.15) is 23.9 Å². The van der Waals surface area contributed by atoms with E-state index in [1.165, 1.54) is 24.3 Å². The fourth-order valence-electron chi connectivity index (χ4n) is 3.01. The number of hydrogen-bond acceptors (Lipinski definition) is 4. The average molecular weight is 399 g/mol. The lowest BCUT2D eigenvalue weighted by atomic mass is 10.1. The summed E-state index contributed by atoms with van der Waals surface area (Å²) in [6, 6.07) is 12.1. The first-order valence-corrected chi connectivity index (χ1v) is 9.31. The van der Waals surface area contributed by atoms with E-state index in [2.05, 4.69) is 10.3 Å². The maximum absolute atomic E-state index is 13.5. The molecule has 2 aromatic carbocycles. The molecule has 29 heavy (non-hydrogen) atoms. The highest BCUT2D eigenvalue weighted by Crippen LogP contribution is 2.21. The maximum atomic E-state index is 13.5. The molecular weight excluding hydrogens is 376 g/mol. The third kappa shape index (κ3) is 5.71. The molecule has 0 unspecified atom stereocenters. The molecule has 0 bridgehead atoms. The van der Waals surface area contributed by atoms with Gasteiger partial charge in [0.25, 0.3) is 0 Å². The zero-order valence-electron chi connectivity index (χ0n) is 16.4. The molecule has 0 saturated carbocycles. The number of carbonyl (C=O) groups is 1. The van der Waals surface area contributed by atoms with E-state index in [1.54, 1.807) is 24.4 Å². The summed E-state index contributed by atoms with van der Waals surface area (Å²) in [5.74, 6) is 0.198. The first kappa shape index (κ1) is 20.7. The highest BCUT2D eigenvalue weighted by molar-refractivity contribution is 5.76. The molecule has 152 valence electrons. The maximum Gasteiger partial charge on any atom is 0.220 e. The van der Waals surface area contributed by atoms with Crippen molar-refractivity contribution in [3.05, 3.63) is 77.8 Å². The second-order valence-corrected chi connectivity index (χ2v) is 6.96. The lowest BCUT2D eigenvalue weighted by Crippen LogP contribution is -2.34. The van der Waals surface area contributed by atoms with Gasteiger partial charge in [-0.2, -0.15) is 0 Å². The summed E-state index contributed by atoms with van der Waals surface area (Å²) in [5, 5.41) is 2.88. The third-order valence-electron chi connectivity index (χ3n) is 4.60. The molecule has 3 rings (SSSR count). The predicted octanol–water partition coefficient (Wildman–Crippen LogP) is 3.97. The quantitative estimate of drug-likeness (QED) is 0.623. The van der Waals surface area contributed by atoms with Crippen LogP contribution >= 0.6 is 0 Å². The minimum atomic E-state index is -0.320. The largest absolute Gasteiger partial charge is 0.441 e. The van der Waals surface area contributed by atoms with Gasteiger partial charge in [-0.1, -0.05) is 12.1 Å². The van der Waals surface area contributed by atoms with Gasteiger partial charge in [-0.3, -0.25) is 4.79 Å². The second-order valence-electron chi connectivity index (χ2n) is 6.96. The smallest absolute Gasteiger partial charge is 0.220 e. The van der Waals surface area contributed by atoms with Gasteiger partial charge in [0.05, 0.1) is 12.2 Å². The molecule has 0 aliphatic rings. The van der Waals surface area contributed by atoms with Crippen LogP contribution in [0.15, 0.2) is 59.1 Å². The Morgan fingerprint density at radius 1 is 1.14 bits per heavy atom. The van der Waals surface area contributed by atoms with Crippen molar-refractivity contribution in [3.8, 4) is 11.3 Å². The van der Waals surface area contributed by atoms with Crippen LogP contribution < -0.4 is 5.32 Å². The molecule has 1 aromatic heterocycles. The Labute approximate surface area is 168 Å². The molecular formula is C22H23F2N3O2. The Morgan fingerprint density at radius 2 is 1.90 bits per heavy atom. The fourth-order valence-corrected chi connectivity index (χ4v) is 3.01. The predicted molar refractivity (Wildman–Crippen MR) is 106 cm³/mol. The summed E-state index contributed by atoms with van der Waals surface area (Å²) in [5.41, 5.74) is 1.52. The third-order valence-corrected chi connectivity index (χ3v) is 4.60. The Morgan fingerprint density at radius 3 is 2.59 bits per heavy atom. The Hall–Kier alpha value is -3.06. The van der Waals surface area contributed by atoms with Gasteiger partial charge in [-0.25, -0.2) is 13.8 Å². The fraction of sp³-hybridized carbons (Fsp3) is 0.273. The van der Waals surface area contributed by atoms with E-state index in [1.807, 2.05) is 25.1 Å². The number of benzene rings is 2. The number of likely N-dealkylation sites (N-methyl/N-ethyl adjacent to an activating group) is 1. The minimum absolute atomic E-state index is 0.138. The Balaban J connectivity index is 1.52. The van der Waals surface area contributed by atoms with E-state index >= 15 is 0 Å². The van der Waals surface area contributed by atoms with Crippen molar-refractivity contribution in [1.82, 2.24) is 15.2 Å². The van der Waals surface area contributed by atoms with Crippen LogP contribution in [0.4, 0.5) is 8.78 Å². The van der Waals surface area contributed by atoms with E-state index in [9.17, 15) is 13.6 Å². The van der Waals surface area contributed by atoms with Gasteiger partial charge in [-0.15, -0.1) is 0 Å². The van der Waals surface area contributed by atoms with E-state index in [4.69, 9.17) is 4.42 Å². The normalized spacial score (nSPS) is 12.2. The number of aryl methyl sites for hydroxylation is 1. The topological polar surface area (TPSA) is 58.4 Å². The molecule has 1 heterocycles. The lowest BCUT2D eigenvalue weighted by molar-refractivity contribution is -0.121. The molecule has 0 spiro atoms. The van der Waals surface area contributed by atoms with Crippen LogP contribution in [0, 0.1) is 11.6 Å².